The van der Waals surface area contributed by atoms with E-state index in [1.54, 1.807) is 0 Å². The number of hydrogen-bond donors (Lipinski definition) is 0. The zero-order valence-corrected chi connectivity index (χ0v) is 34.6. The topological polar surface area (TPSA) is 78.9 Å². The molecule has 1 atom stereocenters. The standard InChI is InChI=1S/C46H84O6/c1-4-7-10-13-15-17-19-20-21-22-23-24-25-26-27-29-30-33-36-39-45(48)51-42-43(41-50-44(47)38-35-32-12-9-6-3)52-46(49)40-37-34-31-28-18-16-14-11-8-5-2/h15,17,20-21,43H,4-14,16,18-19,22-42H2,1-3H3/b17-15-,21-20-. The highest BCUT2D eigenvalue weighted by Gasteiger charge is 2.19. The summed E-state index contributed by atoms with van der Waals surface area (Å²) < 4.78 is 16.6. The van der Waals surface area contributed by atoms with Crippen LogP contribution in [0.15, 0.2) is 24.3 Å². The molecule has 304 valence electrons. The van der Waals surface area contributed by atoms with E-state index in [0.717, 1.165) is 70.6 Å². The predicted molar refractivity (Wildman–Crippen MR) is 219 cm³/mol. The van der Waals surface area contributed by atoms with Crippen molar-refractivity contribution in [1.29, 1.82) is 0 Å². The minimum absolute atomic E-state index is 0.0710. The third kappa shape index (κ3) is 39.1. The average Bonchev–Trinajstić information content (AvgIpc) is 3.14. The number of unbranched alkanes of at least 4 members (excludes halogenated alkanes) is 25. The van der Waals surface area contributed by atoms with Gasteiger partial charge in [-0.25, -0.2) is 0 Å². The van der Waals surface area contributed by atoms with Gasteiger partial charge in [0.15, 0.2) is 6.10 Å². The monoisotopic (exact) mass is 733 g/mol. The first kappa shape index (κ1) is 49.9. The molecule has 0 fully saturated rings. The van der Waals surface area contributed by atoms with E-state index in [9.17, 15) is 14.4 Å². The Morgan fingerprint density at radius 1 is 0.385 bits per heavy atom. The number of carbonyl (C=O) groups excluding carboxylic acids is 3. The second kappa shape index (κ2) is 41.6. The molecule has 0 N–H and O–H groups in total. The second-order valence-electron chi connectivity index (χ2n) is 15.0. The van der Waals surface area contributed by atoms with E-state index in [0.29, 0.717) is 19.3 Å². The van der Waals surface area contributed by atoms with Crippen molar-refractivity contribution in [2.24, 2.45) is 0 Å². The fraction of sp³-hybridized carbons (Fsp3) is 0.848. The third-order valence-electron chi connectivity index (χ3n) is 9.71. The summed E-state index contributed by atoms with van der Waals surface area (Å²) in [6, 6.07) is 0. The van der Waals surface area contributed by atoms with Crippen molar-refractivity contribution < 1.29 is 28.6 Å². The van der Waals surface area contributed by atoms with Gasteiger partial charge in [-0.15, -0.1) is 0 Å². The normalized spacial score (nSPS) is 12.1. The Balaban J connectivity index is 4.14. The summed E-state index contributed by atoms with van der Waals surface area (Å²) in [4.78, 5) is 37.4. The highest BCUT2D eigenvalue weighted by atomic mass is 16.6. The summed E-state index contributed by atoms with van der Waals surface area (Å²) in [6.45, 7) is 6.51. The van der Waals surface area contributed by atoms with Crippen molar-refractivity contribution in [2.45, 2.75) is 239 Å². The van der Waals surface area contributed by atoms with Crippen LogP contribution in [0, 0.1) is 0 Å². The first-order chi connectivity index (χ1) is 25.5. The molecule has 0 heterocycles. The molecule has 0 aliphatic heterocycles. The molecule has 0 aromatic rings. The maximum absolute atomic E-state index is 12.6. The summed E-state index contributed by atoms with van der Waals surface area (Å²) in [6.07, 6.45) is 44.8. The number of hydrogen-bond acceptors (Lipinski definition) is 6. The second-order valence-corrected chi connectivity index (χ2v) is 15.0. The van der Waals surface area contributed by atoms with Gasteiger partial charge in [0, 0.05) is 19.3 Å². The quantitative estimate of drug-likeness (QED) is 0.0270. The van der Waals surface area contributed by atoms with Crippen molar-refractivity contribution >= 4 is 17.9 Å². The molecular formula is C46H84O6. The van der Waals surface area contributed by atoms with E-state index in [1.165, 1.54) is 122 Å². The lowest BCUT2D eigenvalue weighted by Crippen LogP contribution is -2.30. The summed E-state index contributed by atoms with van der Waals surface area (Å²) in [5.74, 6) is -0.887. The van der Waals surface area contributed by atoms with E-state index >= 15 is 0 Å². The maximum atomic E-state index is 12.6. The number of rotatable bonds is 40. The molecule has 52 heavy (non-hydrogen) atoms. The summed E-state index contributed by atoms with van der Waals surface area (Å²) >= 11 is 0. The predicted octanol–water partition coefficient (Wildman–Crippen LogP) is 14.0. The summed E-state index contributed by atoms with van der Waals surface area (Å²) in [5.41, 5.74) is 0. The van der Waals surface area contributed by atoms with Gasteiger partial charge in [-0.05, 0) is 51.4 Å². The Kier molecular flexibility index (Phi) is 40.0. The lowest BCUT2D eigenvalue weighted by Gasteiger charge is -2.18. The molecule has 0 bridgehead atoms. The van der Waals surface area contributed by atoms with Crippen molar-refractivity contribution in [3.05, 3.63) is 24.3 Å². The van der Waals surface area contributed by atoms with E-state index in [1.807, 2.05) is 0 Å². The van der Waals surface area contributed by atoms with Crippen LogP contribution in [0.1, 0.15) is 233 Å². The van der Waals surface area contributed by atoms with Crippen molar-refractivity contribution in [3.8, 4) is 0 Å². The third-order valence-corrected chi connectivity index (χ3v) is 9.71. The molecular weight excluding hydrogens is 648 g/mol. The highest BCUT2D eigenvalue weighted by Crippen LogP contribution is 2.14. The highest BCUT2D eigenvalue weighted by molar-refractivity contribution is 5.71. The average molecular weight is 733 g/mol. The van der Waals surface area contributed by atoms with E-state index < -0.39 is 6.10 Å². The molecule has 0 rings (SSSR count). The van der Waals surface area contributed by atoms with Gasteiger partial charge in [-0.1, -0.05) is 186 Å². The van der Waals surface area contributed by atoms with Crippen LogP contribution in [-0.2, 0) is 28.6 Å². The Morgan fingerprint density at radius 3 is 1.10 bits per heavy atom. The van der Waals surface area contributed by atoms with Gasteiger partial charge in [0.05, 0.1) is 0 Å². The van der Waals surface area contributed by atoms with Crippen molar-refractivity contribution in [2.75, 3.05) is 13.2 Å². The summed E-state index contributed by atoms with van der Waals surface area (Å²) in [7, 11) is 0. The van der Waals surface area contributed by atoms with Crippen LogP contribution in [0.25, 0.3) is 0 Å². The molecule has 0 amide bonds. The molecule has 1 unspecified atom stereocenters. The minimum atomic E-state index is -0.762. The number of ether oxygens (including phenoxy) is 3. The van der Waals surface area contributed by atoms with Crippen LogP contribution in [0.4, 0.5) is 0 Å². The molecule has 0 saturated heterocycles. The Labute approximate surface area is 322 Å². The van der Waals surface area contributed by atoms with Crippen LogP contribution in [0.2, 0.25) is 0 Å². The van der Waals surface area contributed by atoms with Gasteiger partial charge < -0.3 is 14.2 Å². The molecule has 0 aromatic carbocycles. The minimum Gasteiger partial charge on any atom is -0.462 e. The van der Waals surface area contributed by atoms with E-state index in [2.05, 4.69) is 45.1 Å². The molecule has 0 aromatic heterocycles. The fourth-order valence-corrected chi connectivity index (χ4v) is 6.29. The van der Waals surface area contributed by atoms with Crippen LogP contribution in [-0.4, -0.2) is 37.2 Å². The molecule has 0 radical (unpaired) electrons. The lowest BCUT2D eigenvalue weighted by molar-refractivity contribution is -0.167. The number of allylic oxidation sites excluding steroid dienone is 4. The van der Waals surface area contributed by atoms with Crippen molar-refractivity contribution in [1.82, 2.24) is 0 Å². The van der Waals surface area contributed by atoms with Crippen LogP contribution in [0.5, 0.6) is 0 Å². The SMILES string of the molecule is CCCCC/C=C\C/C=C\CCCCCCCCCCCC(=O)OCC(COC(=O)CCCCCCC)OC(=O)CCCCCCCCCCCC. The zero-order chi connectivity index (χ0) is 38.0. The fourth-order valence-electron chi connectivity index (χ4n) is 6.29. The van der Waals surface area contributed by atoms with E-state index in [-0.39, 0.29) is 31.1 Å². The first-order valence-corrected chi connectivity index (χ1v) is 22.3. The molecule has 0 spiro atoms. The van der Waals surface area contributed by atoms with Crippen molar-refractivity contribution in [3.63, 3.8) is 0 Å². The van der Waals surface area contributed by atoms with Crippen LogP contribution >= 0.6 is 0 Å². The first-order valence-electron chi connectivity index (χ1n) is 22.3. The summed E-state index contributed by atoms with van der Waals surface area (Å²) in [5, 5.41) is 0. The molecule has 6 nitrogen and oxygen atoms in total. The molecule has 0 saturated carbocycles. The zero-order valence-electron chi connectivity index (χ0n) is 34.6. The van der Waals surface area contributed by atoms with Gasteiger partial charge in [-0.3, -0.25) is 14.4 Å². The smallest absolute Gasteiger partial charge is 0.306 e. The van der Waals surface area contributed by atoms with Gasteiger partial charge in [0.25, 0.3) is 0 Å². The Hall–Kier alpha value is -2.11. The van der Waals surface area contributed by atoms with Crippen LogP contribution < -0.4 is 0 Å². The Bertz CT molecular complexity index is 850. The maximum Gasteiger partial charge on any atom is 0.306 e. The molecule has 0 aliphatic rings. The molecule has 6 heteroatoms. The van der Waals surface area contributed by atoms with Crippen LogP contribution in [0.3, 0.4) is 0 Å². The molecule has 0 aliphatic carbocycles. The van der Waals surface area contributed by atoms with E-state index in [4.69, 9.17) is 14.2 Å². The number of carbonyl (C=O) groups is 3. The van der Waals surface area contributed by atoms with Gasteiger partial charge in [-0.2, -0.15) is 0 Å². The largest absolute Gasteiger partial charge is 0.462 e. The van der Waals surface area contributed by atoms with Gasteiger partial charge >= 0.3 is 17.9 Å². The Morgan fingerprint density at radius 2 is 0.692 bits per heavy atom. The number of esters is 3. The van der Waals surface area contributed by atoms with Gasteiger partial charge in [0.1, 0.15) is 13.2 Å². The van der Waals surface area contributed by atoms with Gasteiger partial charge in [0.2, 0.25) is 0 Å². The lowest BCUT2D eigenvalue weighted by atomic mass is 10.1.